The fourth-order valence-electron chi connectivity index (χ4n) is 1.66. The van der Waals surface area contributed by atoms with Crippen LogP contribution in [0.1, 0.15) is 44.0 Å². The van der Waals surface area contributed by atoms with Gasteiger partial charge < -0.3 is 4.74 Å². The summed E-state index contributed by atoms with van der Waals surface area (Å²) >= 11 is 3.36. The second kappa shape index (κ2) is 6.72. The Morgan fingerprint density at radius 2 is 2.16 bits per heavy atom. The molecule has 0 saturated carbocycles. The molecular formula is C15H18BrNO2. The molecule has 0 heterocycles. The number of hydrogen-bond donors (Lipinski definition) is 0. The van der Waals surface area contributed by atoms with Crippen molar-refractivity contribution in [2.24, 2.45) is 5.41 Å². The van der Waals surface area contributed by atoms with Gasteiger partial charge in [-0.05, 0) is 51.8 Å². The number of nitriles is 1. The molecule has 3 nitrogen and oxygen atoms in total. The van der Waals surface area contributed by atoms with Crippen LogP contribution in [0, 0.1) is 16.7 Å². The zero-order chi connectivity index (χ0) is 14.5. The van der Waals surface area contributed by atoms with Crippen LogP contribution in [0.4, 0.5) is 0 Å². The molecule has 1 aromatic carbocycles. The Bertz CT molecular complexity index is 503. The maximum Gasteiger partial charge on any atom is 0.163 e. The highest BCUT2D eigenvalue weighted by Gasteiger charge is 2.16. The second-order valence-corrected chi connectivity index (χ2v) is 6.06. The quantitative estimate of drug-likeness (QED) is 0.577. The van der Waals surface area contributed by atoms with Crippen LogP contribution >= 0.6 is 15.9 Å². The Labute approximate surface area is 122 Å². The van der Waals surface area contributed by atoms with Gasteiger partial charge in [0.25, 0.3) is 0 Å². The summed E-state index contributed by atoms with van der Waals surface area (Å²) < 4.78 is 6.54. The van der Waals surface area contributed by atoms with Crippen LogP contribution in [0.5, 0.6) is 5.75 Å². The zero-order valence-corrected chi connectivity index (χ0v) is 13.1. The molecule has 0 aromatic heterocycles. The minimum Gasteiger partial charge on any atom is -0.493 e. The molecule has 0 N–H and O–H groups in total. The normalized spacial score (nSPS) is 10.9. The van der Waals surface area contributed by atoms with Crippen LogP contribution in [0.25, 0.3) is 0 Å². The van der Waals surface area contributed by atoms with Gasteiger partial charge in [0.1, 0.15) is 5.75 Å². The summed E-state index contributed by atoms with van der Waals surface area (Å²) in [6.07, 6.45) is 1.55. The molecule has 4 heteroatoms. The van der Waals surface area contributed by atoms with Crippen LogP contribution < -0.4 is 4.74 Å². The third kappa shape index (κ3) is 5.04. The number of nitrogens with zero attached hydrogens (tertiary/aromatic N) is 1. The molecule has 0 fully saturated rings. The lowest BCUT2D eigenvalue weighted by molar-refractivity contribution is 0.101. The predicted octanol–water partition coefficient (Wildman–Crippen LogP) is 4.36. The first-order chi connectivity index (χ1) is 8.85. The number of carbonyl (C=O) groups excluding carboxylic acids is 1. The number of ether oxygens (including phenoxy) is 1. The topological polar surface area (TPSA) is 50.1 Å². The van der Waals surface area contributed by atoms with Gasteiger partial charge >= 0.3 is 0 Å². The number of hydrogen-bond acceptors (Lipinski definition) is 3. The Kier molecular flexibility index (Phi) is 5.56. The van der Waals surface area contributed by atoms with Crippen molar-refractivity contribution in [2.45, 2.75) is 33.6 Å². The van der Waals surface area contributed by atoms with Crippen LogP contribution in [-0.4, -0.2) is 12.4 Å². The smallest absolute Gasteiger partial charge is 0.163 e. The van der Waals surface area contributed by atoms with E-state index in [1.165, 1.54) is 6.92 Å². The van der Waals surface area contributed by atoms with Gasteiger partial charge in [0.2, 0.25) is 0 Å². The monoisotopic (exact) mass is 323 g/mol. The highest BCUT2D eigenvalue weighted by atomic mass is 79.9. The summed E-state index contributed by atoms with van der Waals surface area (Å²) in [6.45, 7) is 5.84. The van der Waals surface area contributed by atoms with Crippen molar-refractivity contribution in [1.82, 2.24) is 0 Å². The molecule has 0 bridgehead atoms. The molecule has 1 aromatic rings. The third-order valence-corrected chi connectivity index (χ3v) is 3.32. The molecule has 102 valence electrons. The van der Waals surface area contributed by atoms with Crippen molar-refractivity contribution in [1.29, 1.82) is 5.26 Å². The number of ketones is 1. The van der Waals surface area contributed by atoms with E-state index < -0.39 is 0 Å². The molecule has 0 aliphatic carbocycles. The van der Waals surface area contributed by atoms with Crippen molar-refractivity contribution in [3.05, 3.63) is 28.2 Å². The zero-order valence-electron chi connectivity index (χ0n) is 11.5. The molecule has 0 radical (unpaired) electrons. The number of Topliss-reactive ketones (excluding diaryl/α,β-unsaturated/α-hetero) is 1. The van der Waals surface area contributed by atoms with Crippen molar-refractivity contribution in [3.8, 4) is 11.8 Å². The molecule has 19 heavy (non-hydrogen) atoms. The summed E-state index contributed by atoms with van der Waals surface area (Å²) in [5.41, 5.74) is 0.257. The Morgan fingerprint density at radius 1 is 1.47 bits per heavy atom. The van der Waals surface area contributed by atoms with E-state index in [2.05, 4.69) is 22.0 Å². The lowest BCUT2D eigenvalue weighted by Gasteiger charge is -2.15. The van der Waals surface area contributed by atoms with E-state index in [-0.39, 0.29) is 11.2 Å². The van der Waals surface area contributed by atoms with Crippen LogP contribution in [-0.2, 0) is 0 Å². The van der Waals surface area contributed by atoms with Crippen LogP contribution in [0.2, 0.25) is 0 Å². The predicted molar refractivity (Wildman–Crippen MR) is 78.3 cm³/mol. The van der Waals surface area contributed by atoms with E-state index in [1.807, 2.05) is 19.9 Å². The lowest BCUT2D eigenvalue weighted by Crippen LogP contribution is -2.10. The molecule has 0 atom stereocenters. The summed E-state index contributed by atoms with van der Waals surface area (Å²) in [6, 6.07) is 7.63. The molecule has 1 rings (SSSR count). The Hall–Kier alpha value is -1.34. The van der Waals surface area contributed by atoms with Gasteiger partial charge in [-0.25, -0.2) is 0 Å². The first-order valence-corrected chi connectivity index (χ1v) is 6.99. The number of rotatable bonds is 6. The van der Waals surface area contributed by atoms with Crippen molar-refractivity contribution in [2.75, 3.05) is 6.61 Å². The molecular weight excluding hydrogens is 306 g/mol. The maximum atomic E-state index is 11.5. The number of carbonyl (C=O) groups is 1. The van der Waals surface area contributed by atoms with Gasteiger partial charge in [0, 0.05) is 4.47 Å². The van der Waals surface area contributed by atoms with Crippen molar-refractivity contribution < 1.29 is 9.53 Å². The Morgan fingerprint density at radius 3 is 2.74 bits per heavy atom. The number of halogens is 1. The highest BCUT2D eigenvalue weighted by Crippen LogP contribution is 2.25. The molecule has 0 unspecified atom stereocenters. The third-order valence-electron chi connectivity index (χ3n) is 2.83. The van der Waals surface area contributed by atoms with Gasteiger partial charge in [-0.3, -0.25) is 4.79 Å². The van der Waals surface area contributed by atoms with Crippen LogP contribution in [0.15, 0.2) is 22.7 Å². The van der Waals surface area contributed by atoms with Gasteiger partial charge in [-0.1, -0.05) is 15.9 Å². The summed E-state index contributed by atoms with van der Waals surface area (Å²) in [7, 11) is 0. The molecule has 0 aliphatic rings. The molecule has 0 saturated heterocycles. The van der Waals surface area contributed by atoms with Crippen molar-refractivity contribution >= 4 is 21.7 Å². The maximum absolute atomic E-state index is 11.5. The van der Waals surface area contributed by atoms with Crippen molar-refractivity contribution in [3.63, 3.8) is 0 Å². The summed E-state index contributed by atoms with van der Waals surface area (Å²) in [5.74, 6) is 0.580. The number of benzene rings is 1. The first kappa shape index (κ1) is 15.7. The van der Waals surface area contributed by atoms with Gasteiger partial charge in [-0.2, -0.15) is 5.26 Å². The lowest BCUT2D eigenvalue weighted by atomic mass is 9.90. The molecule has 0 spiro atoms. The second-order valence-electron chi connectivity index (χ2n) is 5.14. The molecule has 0 amide bonds. The minimum absolute atomic E-state index is 0.0140. The highest BCUT2D eigenvalue weighted by molar-refractivity contribution is 9.10. The standard InChI is InChI=1S/C15H18BrNO2/c1-11(18)13-6-5-12(16)9-14(13)19-8-4-7-15(2,3)10-17/h5-6,9H,4,7-8H2,1-3H3. The van der Waals surface area contributed by atoms with Crippen LogP contribution in [0.3, 0.4) is 0 Å². The molecule has 0 aliphatic heterocycles. The van der Waals surface area contributed by atoms with E-state index in [9.17, 15) is 4.79 Å². The first-order valence-electron chi connectivity index (χ1n) is 6.20. The fourth-order valence-corrected chi connectivity index (χ4v) is 2.00. The van der Waals surface area contributed by atoms with Gasteiger partial charge in [0.05, 0.1) is 23.7 Å². The minimum atomic E-state index is -0.329. The van der Waals surface area contributed by atoms with E-state index >= 15 is 0 Å². The van der Waals surface area contributed by atoms with Gasteiger partial charge in [-0.15, -0.1) is 0 Å². The summed E-state index contributed by atoms with van der Waals surface area (Å²) in [5, 5.41) is 8.92. The summed E-state index contributed by atoms with van der Waals surface area (Å²) in [4.78, 5) is 11.5. The average molecular weight is 324 g/mol. The van der Waals surface area contributed by atoms with E-state index in [0.29, 0.717) is 17.9 Å². The largest absolute Gasteiger partial charge is 0.493 e. The van der Waals surface area contributed by atoms with E-state index in [4.69, 9.17) is 10.00 Å². The van der Waals surface area contributed by atoms with Gasteiger partial charge in [0.15, 0.2) is 5.78 Å². The van der Waals surface area contributed by atoms with E-state index in [1.54, 1.807) is 12.1 Å². The van der Waals surface area contributed by atoms with E-state index in [0.717, 1.165) is 17.3 Å². The average Bonchev–Trinajstić information content (AvgIpc) is 2.34. The SMILES string of the molecule is CC(=O)c1ccc(Br)cc1OCCCC(C)(C)C#N. The Balaban J connectivity index is 2.61. The fraction of sp³-hybridized carbons (Fsp3) is 0.467.